The van der Waals surface area contributed by atoms with Crippen molar-refractivity contribution in [1.82, 2.24) is 4.90 Å². The lowest BCUT2D eigenvalue weighted by molar-refractivity contribution is -0.0861. The second kappa shape index (κ2) is 5.87. The van der Waals surface area contributed by atoms with Gasteiger partial charge in [-0.05, 0) is 32.4 Å². The van der Waals surface area contributed by atoms with E-state index in [4.69, 9.17) is 14.9 Å². The van der Waals surface area contributed by atoms with Crippen molar-refractivity contribution in [2.75, 3.05) is 13.1 Å². The van der Waals surface area contributed by atoms with Gasteiger partial charge in [0.1, 0.15) is 5.76 Å². The molecule has 2 heterocycles. The zero-order chi connectivity index (χ0) is 13.1. The van der Waals surface area contributed by atoms with E-state index in [0.29, 0.717) is 0 Å². The maximum Gasteiger partial charge on any atom is 0.122 e. The van der Waals surface area contributed by atoms with E-state index in [1.807, 2.05) is 12.1 Å². The molecule has 1 aromatic heterocycles. The Kier molecular flexibility index (Phi) is 4.43. The molecule has 0 radical (unpaired) electrons. The Hall–Kier alpha value is -0.840. The minimum absolute atomic E-state index is 0.0913. The van der Waals surface area contributed by atoms with Gasteiger partial charge in [-0.3, -0.25) is 4.90 Å². The summed E-state index contributed by atoms with van der Waals surface area (Å²) in [6.45, 7) is 8.15. The van der Waals surface area contributed by atoms with Crippen molar-refractivity contribution in [2.24, 2.45) is 5.73 Å². The predicted molar refractivity (Wildman–Crippen MR) is 71.3 cm³/mol. The lowest BCUT2D eigenvalue weighted by Gasteiger charge is -2.41. The third-order valence-electron chi connectivity index (χ3n) is 3.55. The van der Waals surface area contributed by atoms with Crippen LogP contribution in [-0.4, -0.2) is 36.2 Å². The number of nitrogens with two attached hydrogens (primary N) is 1. The normalized spacial score (nSPS) is 29.1. The Morgan fingerprint density at radius 2 is 2.06 bits per heavy atom. The zero-order valence-electron chi connectivity index (χ0n) is 11.5. The van der Waals surface area contributed by atoms with Gasteiger partial charge in [0.2, 0.25) is 0 Å². The zero-order valence-corrected chi connectivity index (χ0v) is 11.5. The monoisotopic (exact) mass is 252 g/mol. The van der Waals surface area contributed by atoms with Crippen LogP contribution in [0.25, 0.3) is 0 Å². The molecular formula is C14H24N2O2. The first-order valence-electron chi connectivity index (χ1n) is 6.80. The van der Waals surface area contributed by atoms with Gasteiger partial charge in [-0.1, -0.05) is 6.92 Å². The molecule has 2 rings (SSSR count). The van der Waals surface area contributed by atoms with Gasteiger partial charge >= 0.3 is 0 Å². The summed E-state index contributed by atoms with van der Waals surface area (Å²) in [6, 6.07) is 4.19. The fraction of sp³-hybridized carbons (Fsp3) is 0.714. The van der Waals surface area contributed by atoms with Crippen LogP contribution in [0.15, 0.2) is 22.8 Å². The maximum absolute atomic E-state index is 6.29. The third-order valence-corrected chi connectivity index (χ3v) is 3.55. The highest BCUT2D eigenvalue weighted by Crippen LogP contribution is 2.28. The number of hydrogen-bond acceptors (Lipinski definition) is 4. The highest BCUT2D eigenvalue weighted by Gasteiger charge is 2.33. The van der Waals surface area contributed by atoms with Gasteiger partial charge in [-0.2, -0.15) is 0 Å². The van der Waals surface area contributed by atoms with Crippen molar-refractivity contribution < 1.29 is 9.15 Å². The molecule has 2 N–H and O–H groups in total. The topological polar surface area (TPSA) is 51.6 Å². The fourth-order valence-corrected chi connectivity index (χ4v) is 2.79. The van der Waals surface area contributed by atoms with E-state index < -0.39 is 0 Å². The van der Waals surface area contributed by atoms with E-state index in [0.717, 1.165) is 25.3 Å². The van der Waals surface area contributed by atoms with Crippen molar-refractivity contribution in [3.63, 3.8) is 0 Å². The van der Waals surface area contributed by atoms with E-state index in [9.17, 15) is 0 Å². The average molecular weight is 252 g/mol. The average Bonchev–Trinajstić information content (AvgIpc) is 2.81. The smallest absolute Gasteiger partial charge is 0.122 e. The molecule has 4 heteroatoms. The number of rotatable bonds is 4. The molecule has 4 unspecified atom stereocenters. The Morgan fingerprint density at radius 1 is 1.39 bits per heavy atom. The molecule has 1 saturated heterocycles. The summed E-state index contributed by atoms with van der Waals surface area (Å²) in [5, 5.41) is 0. The van der Waals surface area contributed by atoms with Gasteiger partial charge in [-0.15, -0.1) is 0 Å². The summed E-state index contributed by atoms with van der Waals surface area (Å²) >= 11 is 0. The molecule has 0 aliphatic carbocycles. The lowest BCUT2D eigenvalue weighted by Crippen LogP contribution is -2.51. The summed E-state index contributed by atoms with van der Waals surface area (Å²) in [4.78, 5) is 2.39. The third kappa shape index (κ3) is 2.94. The standard InChI is InChI=1S/C14H24N2O2/c1-4-12(15)14(13-6-5-7-17-13)16-8-10(2)18-11(3)9-16/h5-7,10-12,14H,4,8-9,15H2,1-3H3. The maximum atomic E-state index is 6.29. The Balaban J connectivity index is 2.18. The van der Waals surface area contributed by atoms with Gasteiger partial charge in [0.05, 0.1) is 24.5 Å². The summed E-state index contributed by atoms with van der Waals surface area (Å²) in [6.07, 6.45) is 3.15. The van der Waals surface area contributed by atoms with Gasteiger partial charge < -0.3 is 14.9 Å². The molecule has 4 atom stereocenters. The van der Waals surface area contributed by atoms with Gasteiger partial charge in [-0.25, -0.2) is 0 Å². The van der Waals surface area contributed by atoms with E-state index in [1.165, 1.54) is 0 Å². The fourth-order valence-electron chi connectivity index (χ4n) is 2.79. The molecule has 0 spiro atoms. The summed E-state index contributed by atoms with van der Waals surface area (Å²) in [5.41, 5.74) is 6.29. The Morgan fingerprint density at radius 3 is 2.56 bits per heavy atom. The quantitative estimate of drug-likeness (QED) is 0.892. The molecule has 1 aliphatic heterocycles. The van der Waals surface area contributed by atoms with Crippen LogP contribution in [0.1, 0.15) is 39.0 Å². The van der Waals surface area contributed by atoms with Crippen LogP contribution >= 0.6 is 0 Å². The number of hydrogen-bond donors (Lipinski definition) is 1. The van der Waals surface area contributed by atoms with Crippen LogP contribution < -0.4 is 5.73 Å². The predicted octanol–water partition coefficient (Wildman–Crippen LogP) is 2.17. The van der Waals surface area contributed by atoms with Crippen molar-refractivity contribution in [1.29, 1.82) is 0 Å². The van der Waals surface area contributed by atoms with Crippen LogP contribution in [-0.2, 0) is 4.74 Å². The summed E-state index contributed by atoms with van der Waals surface area (Å²) in [5.74, 6) is 0.964. The molecule has 1 aromatic rings. The highest BCUT2D eigenvalue weighted by molar-refractivity contribution is 5.08. The molecule has 0 bridgehead atoms. The number of morpholine rings is 1. The number of nitrogens with zero attached hydrogens (tertiary/aromatic N) is 1. The SMILES string of the molecule is CCC(N)C(c1ccco1)N1CC(C)OC(C)C1. The Bertz CT molecular complexity index is 343. The van der Waals surface area contributed by atoms with Crippen LogP contribution in [0.4, 0.5) is 0 Å². The van der Waals surface area contributed by atoms with Crippen molar-refractivity contribution >= 4 is 0 Å². The number of furan rings is 1. The highest BCUT2D eigenvalue weighted by atomic mass is 16.5. The second-order valence-corrected chi connectivity index (χ2v) is 5.24. The molecular weight excluding hydrogens is 228 g/mol. The van der Waals surface area contributed by atoms with Gasteiger partial charge in [0, 0.05) is 19.1 Å². The van der Waals surface area contributed by atoms with Crippen LogP contribution in [0.5, 0.6) is 0 Å². The van der Waals surface area contributed by atoms with Crippen LogP contribution in [0.3, 0.4) is 0 Å². The molecule has 18 heavy (non-hydrogen) atoms. The van der Waals surface area contributed by atoms with E-state index in [2.05, 4.69) is 25.7 Å². The first-order chi connectivity index (χ1) is 8.61. The lowest BCUT2D eigenvalue weighted by atomic mass is 10.0. The second-order valence-electron chi connectivity index (χ2n) is 5.24. The van der Waals surface area contributed by atoms with Gasteiger partial charge in [0.25, 0.3) is 0 Å². The molecule has 4 nitrogen and oxygen atoms in total. The molecule has 0 saturated carbocycles. The minimum Gasteiger partial charge on any atom is -0.468 e. The van der Waals surface area contributed by atoms with Crippen LogP contribution in [0.2, 0.25) is 0 Å². The molecule has 1 aliphatic rings. The van der Waals surface area contributed by atoms with E-state index in [1.54, 1.807) is 6.26 Å². The molecule has 1 fully saturated rings. The minimum atomic E-state index is 0.0913. The summed E-state index contributed by atoms with van der Waals surface area (Å²) < 4.78 is 11.4. The summed E-state index contributed by atoms with van der Waals surface area (Å²) in [7, 11) is 0. The first-order valence-corrected chi connectivity index (χ1v) is 6.80. The van der Waals surface area contributed by atoms with E-state index in [-0.39, 0.29) is 24.3 Å². The molecule has 0 amide bonds. The Labute approximate surface area is 109 Å². The van der Waals surface area contributed by atoms with Crippen molar-refractivity contribution in [2.45, 2.75) is 51.5 Å². The first kappa shape index (κ1) is 13.6. The van der Waals surface area contributed by atoms with Crippen molar-refractivity contribution in [3.8, 4) is 0 Å². The largest absolute Gasteiger partial charge is 0.468 e. The molecule has 0 aromatic carbocycles. The van der Waals surface area contributed by atoms with Crippen LogP contribution in [0, 0.1) is 0 Å². The number of ether oxygens (including phenoxy) is 1. The van der Waals surface area contributed by atoms with Crippen molar-refractivity contribution in [3.05, 3.63) is 24.2 Å². The van der Waals surface area contributed by atoms with Gasteiger partial charge in [0.15, 0.2) is 0 Å². The molecule has 102 valence electrons. The van der Waals surface area contributed by atoms with E-state index >= 15 is 0 Å².